The molecule has 0 spiro atoms. The predicted molar refractivity (Wildman–Crippen MR) is 76.5 cm³/mol. The van der Waals surface area contributed by atoms with E-state index in [9.17, 15) is 13.2 Å². The molecule has 1 aromatic heterocycles. The van der Waals surface area contributed by atoms with Crippen molar-refractivity contribution in [3.63, 3.8) is 0 Å². The van der Waals surface area contributed by atoms with E-state index in [4.69, 9.17) is 11.6 Å². The zero-order valence-corrected chi connectivity index (χ0v) is 12.1. The number of sulfonamides is 1. The minimum atomic E-state index is -3.75. The maximum Gasteiger partial charge on any atom is 0.263 e. The summed E-state index contributed by atoms with van der Waals surface area (Å²) in [5.41, 5.74) is 0.449. The van der Waals surface area contributed by atoms with Gasteiger partial charge in [-0.1, -0.05) is 29.8 Å². The highest BCUT2D eigenvalue weighted by atomic mass is 35.5. The highest BCUT2D eigenvalue weighted by molar-refractivity contribution is 7.92. The molecule has 0 saturated heterocycles. The van der Waals surface area contributed by atoms with Gasteiger partial charge in [0.05, 0.1) is 4.90 Å². The van der Waals surface area contributed by atoms with Crippen LogP contribution in [0.2, 0.25) is 5.15 Å². The third-order valence-electron chi connectivity index (χ3n) is 2.53. The molecular formula is C13H11ClN2O3S. The van der Waals surface area contributed by atoms with Crippen LogP contribution in [0, 0.1) is 0 Å². The van der Waals surface area contributed by atoms with Crippen molar-refractivity contribution in [3.8, 4) is 0 Å². The highest BCUT2D eigenvalue weighted by Gasteiger charge is 2.15. The van der Waals surface area contributed by atoms with E-state index >= 15 is 0 Å². The van der Waals surface area contributed by atoms with Crippen LogP contribution in [0.3, 0.4) is 0 Å². The van der Waals surface area contributed by atoms with Gasteiger partial charge in [-0.05, 0) is 31.2 Å². The topological polar surface area (TPSA) is 76.1 Å². The maximum absolute atomic E-state index is 12.1. The van der Waals surface area contributed by atoms with E-state index < -0.39 is 10.0 Å². The molecule has 0 aliphatic rings. The summed E-state index contributed by atoms with van der Waals surface area (Å²) in [6.07, 6.45) is 0. The number of carbonyl (C=O) groups is 1. The standard InChI is InChI=1S/C13H11ClN2O3S/c1-9(17)10-5-7-11(8-6-10)20(18,19)16-13-4-2-3-12(14)15-13/h2-8H,1H3,(H,15,16). The molecule has 0 aliphatic heterocycles. The van der Waals surface area contributed by atoms with E-state index in [0.29, 0.717) is 5.56 Å². The van der Waals surface area contributed by atoms with Crippen molar-refractivity contribution in [2.45, 2.75) is 11.8 Å². The molecule has 5 nitrogen and oxygen atoms in total. The van der Waals surface area contributed by atoms with Crippen LogP contribution in [0.25, 0.3) is 0 Å². The van der Waals surface area contributed by atoms with Crippen LogP contribution < -0.4 is 4.72 Å². The fraction of sp³-hybridized carbons (Fsp3) is 0.0769. The molecule has 2 aromatic rings. The Morgan fingerprint density at radius 2 is 1.80 bits per heavy atom. The first-order valence-corrected chi connectivity index (χ1v) is 7.51. The van der Waals surface area contributed by atoms with Gasteiger partial charge in [0, 0.05) is 5.56 Å². The fourth-order valence-corrected chi connectivity index (χ4v) is 2.70. The van der Waals surface area contributed by atoms with E-state index in [1.807, 2.05) is 0 Å². The summed E-state index contributed by atoms with van der Waals surface area (Å²) >= 11 is 5.69. The minimum Gasteiger partial charge on any atom is -0.295 e. The molecule has 0 radical (unpaired) electrons. The number of pyridine rings is 1. The molecular weight excluding hydrogens is 300 g/mol. The number of hydrogen-bond donors (Lipinski definition) is 1. The monoisotopic (exact) mass is 310 g/mol. The smallest absolute Gasteiger partial charge is 0.263 e. The van der Waals surface area contributed by atoms with Crippen LogP contribution in [-0.4, -0.2) is 19.2 Å². The Balaban J connectivity index is 2.28. The number of halogens is 1. The van der Waals surface area contributed by atoms with Crippen LogP contribution in [0.1, 0.15) is 17.3 Å². The molecule has 7 heteroatoms. The number of benzene rings is 1. The number of rotatable bonds is 4. The average molecular weight is 311 g/mol. The van der Waals surface area contributed by atoms with Crippen LogP contribution in [0.5, 0.6) is 0 Å². The molecule has 104 valence electrons. The van der Waals surface area contributed by atoms with Crippen LogP contribution >= 0.6 is 11.6 Å². The van der Waals surface area contributed by atoms with Gasteiger partial charge in [-0.2, -0.15) is 0 Å². The van der Waals surface area contributed by atoms with Crippen LogP contribution in [-0.2, 0) is 10.0 Å². The van der Waals surface area contributed by atoms with Crippen molar-refractivity contribution in [3.05, 3.63) is 53.2 Å². The summed E-state index contributed by atoms with van der Waals surface area (Å²) in [5.74, 6) is 0.00607. The number of hydrogen-bond acceptors (Lipinski definition) is 4. The Hall–Kier alpha value is -1.92. The molecule has 0 unspecified atom stereocenters. The second-order valence-electron chi connectivity index (χ2n) is 4.03. The number of aromatic nitrogens is 1. The lowest BCUT2D eigenvalue weighted by atomic mass is 10.2. The van der Waals surface area contributed by atoms with Gasteiger partial charge in [-0.15, -0.1) is 0 Å². The van der Waals surface area contributed by atoms with Gasteiger partial charge < -0.3 is 0 Å². The van der Waals surface area contributed by atoms with Gasteiger partial charge in [-0.25, -0.2) is 13.4 Å². The molecule has 0 fully saturated rings. The number of nitrogens with one attached hydrogen (secondary N) is 1. The molecule has 2 rings (SSSR count). The lowest BCUT2D eigenvalue weighted by molar-refractivity contribution is 0.101. The lowest BCUT2D eigenvalue weighted by Crippen LogP contribution is -2.14. The van der Waals surface area contributed by atoms with Gasteiger partial charge in [0.1, 0.15) is 11.0 Å². The second kappa shape index (κ2) is 5.60. The normalized spacial score (nSPS) is 11.1. The summed E-state index contributed by atoms with van der Waals surface area (Å²) in [6, 6.07) is 10.3. The lowest BCUT2D eigenvalue weighted by Gasteiger charge is -2.07. The molecule has 1 aromatic carbocycles. The number of anilines is 1. The summed E-state index contributed by atoms with van der Waals surface area (Å²) in [4.78, 5) is 15.0. The maximum atomic E-state index is 12.1. The molecule has 0 aliphatic carbocycles. The fourth-order valence-electron chi connectivity index (χ4n) is 1.53. The number of Topliss-reactive ketones (excluding diaryl/α,β-unsaturated/α-hetero) is 1. The van der Waals surface area contributed by atoms with Crippen molar-refractivity contribution < 1.29 is 13.2 Å². The summed E-state index contributed by atoms with van der Waals surface area (Å²) in [7, 11) is -3.75. The molecule has 0 bridgehead atoms. The number of ketones is 1. The third-order valence-corrected chi connectivity index (χ3v) is 4.11. The summed E-state index contributed by atoms with van der Waals surface area (Å²) in [6.45, 7) is 1.41. The van der Waals surface area contributed by atoms with Crippen molar-refractivity contribution in [1.82, 2.24) is 4.98 Å². The average Bonchev–Trinajstić information content (AvgIpc) is 2.38. The Morgan fingerprint density at radius 3 is 2.35 bits per heavy atom. The molecule has 0 amide bonds. The predicted octanol–water partition coefficient (Wildman–Crippen LogP) is 2.74. The van der Waals surface area contributed by atoms with Crippen LogP contribution in [0.4, 0.5) is 5.82 Å². The Bertz CT molecular complexity index is 742. The van der Waals surface area contributed by atoms with E-state index in [1.165, 1.54) is 37.3 Å². The molecule has 0 atom stereocenters. The molecule has 1 heterocycles. The quantitative estimate of drug-likeness (QED) is 0.696. The SMILES string of the molecule is CC(=O)c1ccc(S(=O)(=O)Nc2cccc(Cl)n2)cc1. The van der Waals surface area contributed by atoms with Crippen molar-refractivity contribution in [1.29, 1.82) is 0 Å². The first-order valence-electron chi connectivity index (χ1n) is 5.65. The van der Waals surface area contributed by atoms with Gasteiger partial charge >= 0.3 is 0 Å². The van der Waals surface area contributed by atoms with Crippen molar-refractivity contribution in [2.24, 2.45) is 0 Å². The summed E-state index contributed by atoms with van der Waals surface area (Å²) < 4.78 is 26.5. The Labute approximate surface area is 121 Å². The van der Waals surface area contributed by atoms with Crippen molar-refractivity contribution in [2.75, 3.05) is 4.72 Å². The van der Waals surface area contributed by atoms with Gasteiger partial charge in [0.2, 0.25) is 0 Å². The first-order chi connectivity index (χ1) is 9.38. The van der Waals surface area contributed by atoms with Crippen molar-refractivity contribution >= 4 is 33.2 Å². The largest absolute Gasteiger partial charge is 0.295 e. The zero-order chi connectivity index (χ0) is 14.8. The third kappa shape index (κ3) is 3.34. The van der Waals surface area contributed by atoms with Gasteiger partial charge in [0.25, 0.3) is 10.0 Å². The Kier molecular flexibility index (Phi) is 4.06. The zero-order valence-electron chi connectivity index (χ0n) is 10.5. The number of nitrogens with zero attached hydrogens (tertiary/aromatic N) is 1. The first kappa shape index (κ1) is 14.5. The van der Waals surface area contributed by atoms with E-state index in [-0.39, 0.29) is 21.6 Å². The van der Waals surface area contributed by atoms with E-state index in [0.717, 1.165) is 0 Å². The molecule has 20 heavy (non-hydrogen) atoms. The number of carbonyl (C=O) groups excluding carboxylic acids is 1. The van der Waals surface area contributed by atoms with E-state index in [1.54, 1.807) is 12.1 Å². The molecule has 1 N–H and O–H groups in total. The minimum absolute atomic E-state index is 0.0456. The summed E-state index contributed by atoms with van der Waals surface area (Å²) in [5, 5.41) is 0.192. The highest BCUT2D eigenvalue weighted by Crippen LogP contribution is 2.16. The van der Waals surface area contributed by atoms with Gasteiger partial charge in [-0.3, -0.25) is 9.52 Å². The molecule has 0 saturated carbocycles. The van der Waals surface area contributed by atoms with Crippen LogP contribution in [0.15, 0.2) is 47.4 Å². The second-order valence-corrected chi connectivity index (χ2v) is 6.10. The van der Waals surface area contributed by atoms with Gasteiger partial charge in [0.15, 0.2) is 5.78 Å². The Morgan fingerprint density at radius 1 is 1.15 bits per heavy atom. The van der Waals surface area contributed by atoms with E-state index in [2.05, 4.69) is 9.71 Å².